The topological polar surface area (TPSA) is 27.0 Å². The Labute approximate surface area is 95.4 Å². The number of hydrogen-bond acceptors (Lipinski definition) is 2. The molecule has 0 aliphatic carbocycles. The third-order valence-electron chi connectivity index (χ3n) is 2.41. The van der Waals surface area contributed by atoms with Gasteiger partial charge in [0, 0.05) is 18.9 Å². The van der Waals surface area contributed by atoms with E-state index in [2.05, 4.69) is 11.8 Å². The van der Waals surface area contributed by atoms with E-state index in [0.717, 1.165) is 16.7 Å². The zero-order valence-electron chi connectivity index (χ0n) is 9.14. The van der Waals surface area contributed by atoms with Crippen LogP contribution >= 0.6 is 0 Å². The van der Waals surface area contributed by atoms with Gasteiger partial charge >= 0.3 is 0 Å². The minimum atomic E-state index is 0.710. The minimum absolute atomic E-state index is 0.710. The van der Waals surface area contributed by atoms with Gasteiger partial charge in [-0.25, -0.2) is 0 Å². The van der Waals surface area contributed by atoms with Crippen LogP contribution in [-0.2, 0) is 6.54 Å². The molecule has 1 heterocycles. The molecule has 0 saturated carbocycles. The van der Waals surface area contributed by atoms with E-state index >= 15 is 0 Å². The Balaban J connectivity index is 2.23. The van der Waals surface area contributed by atoms with Gasteiger partial charge in [-0.05, 0) is 30.2 Å². The van der Waals surface area contributed by atoms with E-state index in [0.29, 0.717) is 6.54 Å². The Morgan fingerprint density at radius 3 is 2.94 bits per heavy atom. The molecule has 0 atom stereocenters. The molecule has 0 saturated heterocycles. The fourth-order valence-corrected chi connectivity index (χ4v) is 1.66. The van der Waals surface area contributed by atoms with Crippen molar-refractivity contribution in [1.29, 1.82) is 5.26 Å². The lowest BCUT2D eigenvalue weighted by molar-refractivity contribution is 0.496. The molecule has 0 amide bonds. The van der Waals surface area contributed by atoms with Crippen LogP contribution in [0.15, 0.2) is 54.0 Å². The van der Waals surface area contributed by atoms with Crippen molar-refractivity contribution in [3.05, 3.63) is 65.2 Å². The van der Waals surface area contributed by atoms with Crippen molar-refractivity contribution in [2.24, 2.45) is 0 Å². The molecule has 0 N–H and O–H groups in total. The van der Waals surface area contributed by atoms with Crippen LogP contribution in [0.2, 0.25) is 0 Å². The van der Waals surface area contributed by atoms with Gasteiger partial charge in [0.1, 0.15) is 0 Å². The van der Waals surface area contributed by atoms with Gasteiger partial charge in [-0.15, -0.1) is 5.73 Å². The largest absolute Gasteiger partial charge is 0.343 e. The summed E-state index contributed by atoms with van der Waals surface area (Å²) in [6, 6.07) is 9.87. The predicted molar refractivity (Wildman–Crippen MR) is 63.1 cm³/mol. The highest BCUT2D eigenvalue weighted by Crippen LogP contribution is 2.13. The molecule has 16 heavy (non-hydrogen) atoms. The summed E-state index contributed by atoms with van der Waals surface area (Å²) in [7, 11) is 0. The Hall–Kier alpha value is -2.23. The second kappa shape index (κ2) is 4.53. The van der Waals surface area contributed by atoms with Gasteiger partial charge in [-0.1, -0.05) is 18.2 Å². The van der Waals surface area contributed by atoms with Crippen LogP contribution in [0.4, 0.5) is 0 Å². The predicted octanol–water partition coefficient (Wildman–Crippen LogP) is 2.95. The molecule has 0 fully saturated rings. The maximum atomic E-state index is 8.98. The smallest absolute Gasteiger partial charge is 0.0995 e. The molecule has 0 unspecified atom stereocenters. The summed E-state index contributed by atoms with van der Waals surface area (Å²) in [5, 5.41) is 8.98. The van der Waals surface area contributed by atoms with Crippen LogP contribution in [0.3, 0.4) is 0 Å². The lowest BCUT2D eigenvalue weighted by Gasteiger charge is -2.17. The summed E-state index contributed by atoms with van der Waals surface area (Å²) in [4.78, 5) is 2.03. The van der Waals surface area contributed by atoms with Crippen molar-refractivity contribution in [3.8, 4) is 6.07 Å². The Morgan fingerprint density at radius 1 is 1.38 bits per heavy atom. The van der Waals surface area contributed by atoms with Gasteiger partial charge in [-0.3, -0.25) is 0 Å². The number of nitriles is 1. The molecule has 1 aliphatic heterocycles. The first kappa shape index (κ1) is 10.3. The summed E-state index contributed by atoms with van der Waals surface area (Å²) in [5.74, 6) is 0. The second-order valence-corrected chi connectivity index (χ2v) is 3.75. The quantitative estimate of drug-likeness (QED) is 0.699. The van der Waals surface area contributed by atoms with Crippen molar-refractivity contribution in [3.63, 3.8) is 0 Å². The first-order valence-electron chi connectivity index (χ1n) is 5.14. The monoisotopic (exact) mass is 208 g/mol. The minimum Gasteiger partial charge on any atom is -0.343 e. The summed E-state index contributed by atoms with van der Waals surface area (Å²) >= 11 is 0. The zero-order valence-corrected chi connectivity index (χ0v) is 9.14. The number of nitrogens with zero attached hydrogens (tertiary/aromatic N) is 2. The van der Waals surface area contributed by atoms with Gasteiger partial charge in [0.05, 0.1) is 11.6 Å². The van der Waals surface area contributed by atoms with Crippen molar-refractivity contribution < 1.29 is 0 Å². The van der Waals surface area contributed by atoms with Crippen molar-refractivity contribution in [1.82, 2.24) is 4.90 Å². The van der Waals surface area contributed by atoms with Gasteiger partial charge < -0.3 is 4.90 Å². The molecule has 0 aromatic heterocycles. The Morgan fingerprint density at radius 2 is 2.19 bits per heavy atom. The van der Waals surface area contributed by atoms with Crippen molar-refractivity contribution in [2.45, 2.75) is 13.5 Å². The molecule has 1 aromatic carbocycles. The van der Waals surface area contributed by atoms with Gasteiger partial charge in [0.2, 0.25) is 0 Å². The van der Waals surface area contributed by atoms with Crippen LogP contribution in [0.25, 0.3) is 0 Å². The zero-order chi connectivity index (χ0) is 11.4. The van der Waals surface area contributed by atoms with Crippen molar-refractivity contribution >= 4 is 0 Å². The molecular weight excluding hydrogens is 196 g/mol. The van der Waals surface area contributed by atoms with E-state index in [-0.39, 0.29) is 0 Å². The van der Waals surface area contributed by atoms with Crippen molar-refractivity contribution in [2.75, 3.05) is 0 Å². The Kier molecular flexibility index (Phi) is 2.91. The molecule has 2 heteroatoms. The average Bonchev–Trinajstić information content (AvgIpc) is 2.30. The number of rotatable bonds is 2. The van der Waals surface area contributed by atoms with Crippen LogP contribution < -0.4 is 0 Å². The van der Waals surface area contributed by atoms with Crippen LogP contribution in [0, 0.1) is 11.3 Å². The molecule has 78 valence electrons. The highest BCUT2D eigenvalue weighted by molar-refractivity contribution is 5.37. The SMILES string of the molecule is CC1=CN(Cc2ccccc2C#N)C=C=C1. The molecule has 1 aromatic rings. The summed E-state index contributed by atoms with van der Waals surface area (Å²) in [6.45, 7) is 2.74. The molecule has 1 aliphatic rings. The molecule has 0 bridgehead atoms. The van der Waals surface area contributed by atoms with Gasteiger partial charge in [-0.2, -0.15) is 5.26 Å². The number of allylic oxidation sites excluding steroid dienone is 2. The van der Waals surface area contributed by atoms with Gasteiger partial charge in [0.15, 0.2) is 0 Å². The number of benzene rings is 1. The fourth-order valence-electron chi connectivity index (χ4n) is 1.66. The van der Waals surface area contributed by atoms with E-state index in [1.807, 2.05) is 54.6 Å². The van der Waals surface area contributed by atoms with Gasteiger partial charge in [0.25, 0.3) is 0 Å². The molecule has 2 rings (SSSR count). The van der Waals surface area contributed by atoms with E-state index in [1.54, 1.807) is 0 Å². The molecular formula is C14H12N2. The summed E-state index contributed by atoms with van der Waals surface area (Å²) < 4.78 is 0. The first-order chi connectivity index (χ1) is 7.79. The van der Waals surface area contributed by atoms with E-state index in [4.69, 9.17) is 5.26 Å². The van der Waals surface area contributed by atoms with E-state index in [1.165, 1.54) is 0 Å². The molecule has 0 radical (unpaired) electrons. The van der Waals surface area contributed by atoms with Crippen LogP contribution in [-0.4, -0.2) is 4.90 Å². The highest BCUT2D eigenvalue weighted by atomic mass is 15.1. The van der Waals surface area contributed by atoms with E-state index in [9.17, 15) is 0 Å². The maximum Gasteiger partial charge on any atom is 0.0995 e. The third kappa shape index (κ3) is 2.23. The van der Waals surface area contributed by atoms with Crippen LogP contribution in [0.1, 0.15) is 18.1 Å². The maximum absolute atomic E-state index is 8.98. The average molecular weight is 208 g/mol. The number of hydrogen-bond donors (Lipinski definition) is 0. The second-order valence-electron chi connectivity index (χ2n) is 3.75. The lowest BCUT2D eigenvalue weighted by Crippen LogP contribution is -2.11. The molecule has 2 nitrogen and oxygen atoms in total. The fraction of sp³-hybridized carbons (Fsp3) is 0.143. The highest BCUT2D eigenvalue weighted by Gasteiger charge is 2.04. The third-order valence-corrected chi connectivity index (χ3v) is 2.41. The first-order valence-corrected chi connectivity index (χ1v) is 5.14. The summed E-state index contributed by atoms with van der Waals surface area (Å²) in [5.41, 5.74) is 6.00. The Bertz CT molecular complexity index is 526. The van der Waals surface area contributed by atoms with E-state index < -0.39 is 0 Å². The summed E-state index contributed by atoms with van der Waals surface area (Å²) in [6.07, 6.45) is 5.87. The lowest BCUT2D eigenvalue weighted by atomic mass is 10.1. The standard InChI is InChI=1S/C14H12N2/c1-12-5-4-8-16(10-12)11-14-7-3-2-6-13(14)9-15/h2-3,5-8,10H,11H2,1H3. The molecule has 0 spiro atoms. The van der Waals surface area contributed by atoms with Crippen LogP contribution in [0.5, 0.6) is 0 Å². The normalized spacial score (nSPS) is 13.5.